The fourth-order valence-electron chi connectivity index (χ4n) is 1.83. The number of para-hydroxylation sites is 1. The van der Waals surface area contributed by atoms with Crippen molar-refractivity contribution in [3.05, 3.63) is 30.3 Å². The summed E-state index contributed by atoms with van der Waals surface area (Å²) in [5, 5.41) is 8.66. The summed E-state index contributed by atoms with van der Waals surface area (Å²) in [6, 6.07) is 10.2. The van der Waals surface area contributed by atoms with Crippen LogP contribution in [0.4, 0.5) is 5.69 Å². The molecular weight excluding hydrogens is 214 g/mol. The quantitative estimate of drug-likeness (QED) is 0.789. The highest BCUT2D eigenvalue weighted by atomic mass is 16.4. The Bertz CT molecular complexity index is 335. The summed E-state index contributed by atoms with van der Waals surface area (Å²) in [4.78, 5) is 12.8. The van der Waals surface area contributed by atoms with Crippen LogP contribution in [0.3, 0.4) is 0 Å². The first-order chi connectivity index (χ1) is 8.09. The van der Waals surface area contributed by atoms with E-state index < -0.39 is 5.97 Å². The van der Waals surface area contributed by atoms with Crippen molar-refractivity contribution < 1.29 is 9.90 Å². The van der Waals surface area contributed by atoms with Crippen molar-refractivity contribution in [3.8, 4) is 0 Å². The molecule has 0 amide bonds. The minimum atomic E-state index is -0.720. The molecule has 0 fully saturated rings. The maximum Gasteiger partial charge on any atom is 0.303 e. The van der Waals surface area contributed by atoms with Gasteiger partial charge in [-0.25, -0.2) is 0 Å². The molecule has 0 aliphatic heterocycles. The minimum Gasteiger partial charge on any atom is -0.481 e. The summed E-state index contributed by atoms with van der Waals surface area (Å²) in [5.41, 5.74) is 1.17. The lowest BCUT2D eigenvalue weighted by molar-refractivity contribution is -0.137. The van der Waals surface area contributed by atoms with E-state index in [1.54, 1.807) is 0 Å². The van der Waals surface area contributed by atoms with Gasteiger partial charge in [-0.15, -0.1) is 0 Å². The molecular formula is C14H21NO2. The Morgan fingerprint density at radius 2 is 1.94 bits per heavy atom. The molecule has 0 radical (unpaired) electrons. The molecule has 17 heavy (non-hydrogen) atoms. The van der Waals surface area contributed by atoms with Gasteiger partial charge in [-0.05, 0) is 24.5 Å². The van der Waals surface area contributed by atoms with Crippen LogP contribution in [-0.2, 0) is 4.79 Å². The lowest BCUT2D eigenvalue weighted by Gasteiger charge is -2.26. The summed E-state index contributed by atoms with van der Waals surface area (Å²) in [6.45, 7) is 6.11. The van der Waals surface area contributed by atoms with Crippen molar-refractivity contribution in [2.45, 2.75) is 26.7 Å². The number of carboxylic acids is 1. The van der Waals surface area contributed by atoms with E-state index in [0.717, 1.165) is 13.1 Å². The van der Waals surface area contributed by atoms with Crippen molar-refractivity contribution in [2.24, 2.45) is 5.92 Å². The SMILES string of the molecule is CC(C)CN(CCCC(=O)O)c1ccccc1. The Kier molecular flexibility index (Phi) is 5.53. The van der Waals surface area contributed by atoms with Crippen LogP contribution in [0.2, 0.25) is 0 Å². The zero-order valence-electron chi connectivity index (χ0n) is 10.6. The molecule has 0 saturated heterocycles. The van der Waals surface area contributed by atoms with Gasteiger partial charge < -0.3 is 10.0 Å². The van der Waals surface area contributed by atoms with Crippen molar-refractivity contribution in [1.29, 1.82) is 0 Å². The number of aliphatic carboxylic acids is 1. The number of anilines is 1. The van der Waals surface area contributed by atoms with Gasteiger partial charge in [-0.3, -0.25) is 4.79 Å². The van der Waals surface area contributed by atoms with Crippen LogP contribution in [0, 0.1) is 5.92 Å². The van der Waals surface area contributed by atoms with Gasteiger partial charge in [0.2, 0.25) is 0 Å². The second kappa shape index (κ2) is 6.94. The van der Waals surface area contributed by atoms with E-state index in [1.165, 1.54) is 5.69 Å². The van der Waals surface area contributed by atoms with Gasteiger partial charge in [-0.1, -0.05) is 32.0 Å². The van der Waals surface area contributed by atoms with E-state index in [9.17, 15) is 4.79 Å². The monoisotopic (exact) mass is 235 g/mol. The second-order valence-corrected chi connectivity index (χ2v) is 4.67. The fourth-order valence-corrected chi connectivity index (χ4v) is 1.83. The number of hydrogen-bond donors (Lipinski definition) is 1. The predicted octanol–water partition coefficient (Wildman–Crippen LogP) is 3.01. The average molecular weight is 235 g/mol. The molecule has 0 aromatic heterocycles. The number of benzene rings is 1. The molecule has 1 rings (SSSR count). The highest BCUT2D eigenvalue weighted by Gasteiger charge is 2.08. The lowest BCUT2D eigenvalue weighted by Crippen LogP contribution is -2.28. The van der Waals surface area contributed by atoms with Crippen LogP contribution in [0.25, 0.3) is 0 Å². The van der Waals surface area contributed by atoms with Crippen LogP contribution >= 0.6 is 0 Å². The van der Waals surface area contributed by atoms with E-state index in [2.05, 4.69) is 30.9 Å². The molecule has 0 heterocycles. The van der Waals surface area contributed by atoms with Crippen LogP contribution in [0.15, 0.2) is 30.3 Å². The fraction of sp³-hybridized carbons (Fsp3) is 0.500. The van der Waals surface area contributed by atoms with Crippen molar-refractivity contribution >= 4 is 11.7 Å². The Balaban J connectivity index is 2.58. The molecule has 0 aliphatic carbocycles. The smallest absolute Gasteiger partial charge is 0.303 e. The highest BCUT2D eigenvalue weighted by Crippen LogP contribution is 2.15. The summed E-state index contributed by atoms with van der Waals surface area (Å²) in [5.74, 6) is -0.150. The minimum absolute atomic E-state index is 0.238. The lowest BCUT2D eigenvalue weighted by atomic mass is 10.1. The average Bonchev–Trinajstić information content (AvgIpc) is 2.28. The zero-order chi connectivity index (χ0) is 12.7. The molecule has 0 spiro atoms. The van der Waals surface area contributed by atoms with Gasteiger partial charge in [0.25, 0.3) is 0 Å². The third-order valence-electron chi connectivity index (χ3n) is 2.53. The van der Waals surface area contributed by atoms with E-state index in [0.29, 0.717) is 12.3 Å². The molecule has 0 aliphatic rings. The Morgan fingerprint density at radius 1 is 1.29 bits per heavy atom. The van der Waals surface area contributed by atoms with Crippen molar-refractivity contribution in [3.63, 3.8) is 0 Å². The molecule has 0 atom stereocenters. The molecule has 1 aromatic rings. The number of nitrogens with zero attached hydrogens (tertiary/aromatic N) is 1. The van der Waals surface area contributed by atoms with E-state index in [1.807, 2.05) is 18.2 Å². The third kappa shape index (κ3) is 5.38. The molecule has 1 aromatic carbocycles. The van der Waals surface area contributed by atoms with Crippen LogP contribution in [-0.4, -0.2) is 24.2 Å². The van der Waals surface area contributed by atoms with Gasteiger partial charge >= 0.3 is 5.97 Å². The Morgan fingerprint density at radius 3 is 2.47 bits per heavy atom. The summed E-state index contributed by atoms with van der Waals surface area (Å²) >= 11 is 0. The van der Waals surface area contributed by atoms with Gasteiger partial charge in [0, 0.05) is 25.2 Å². The first kappa shape index (κ1) is 13.6. The molecule has 94 valence electrons. The van der Waals surface area contributed by atoms with Gasteiger partial charge in [0.1, 0.15) is 0 Å². The summed E-state index contributed by atoms with van der Waals surface area (Å²) in [7, 11) is 0. The van der Waals surface area contributed by atoms with Crippen LogP contribution in [0.5, 0.6) is 0 Å². The molecule has 3 nitrogen and oxygen atoms in total. The Labute approximate surface area is 103 Å². The zero-order valence-corrected chi connectivity index (χ0v) is 10.6. The number of hydrogen-bond acceptors (Lipinski definition) is 2. The normalized spacial score (nSPS) is 10.5. The second-order valence-electron chi connectivity index (χ2n) is 4.67. The van der Waals surface area contributed by atoms with Crippen molar-refractivity contribution in [2.75, 3.05) is 18.0 Å². The van der Waals surface area contributed by atoms with Crippen LogP contribution in [0.1, 0.15) is 26.7 Å². The molecule has 1 N–H and O–H groups in total. The first-order valence-corrected chi connectivity index (χ1v) is 6.11. The third-order valence-corrected chi connectivity index (χ3v) is 2.53. The number of carbonyl (C=O) groups is 1. The largest absolute Gasteiger partial charge is 0.481 e. The molecule has 0 saturated carbocycles. The molecule has 3 heteroatoms. The number of carboxylic acid groups (broad SMARTS) is 1. The molecule has 0 unspecified atom stereocenters. The van der Waals surface area contributed by atoms with Gasteiger partial charge in [-0.2, -0.15) is 0 Å². The van der Waals surface area contributed by atoms with Gasteiger partial charge in [0.15, 0.2) is 0 Å². The highest BCUT2D eigenvalue weighted by molar-refractivity contribution is 5.66. The molecule has 0 bridgehead atoms. The van der Waals surface area contributed by atoms with E-state index in [4.69, 9.17) is 5.11 Å². The van der Waals surface area contributed by atoms with E-state index in [-0.39, 0.29) is 6.42 Å². The van der Waals surface area contributed by atoms with Crippen molar-refractivity contribution in [1.82, 2.24) is 0 Å². The van der Waals surface area contributed by atoms with E-state index >= 15 is 0 Å². The summed E-state index contributed by atoms with van der Waals surface area (Å²) < 4.78 is 0. The standard InChI is InChI=1S/C14H21NO2/c1-12(2)11-15(10-6-9-14(16)17)13-7-4-3-5-8-13/h3-5,7-8,12H,6,9-11H2,1-2H3,(H,16,17). The summed E-state index contributed by atoms with van der Waals surface area (Å²) in [6.07, 6.45) is 0.929. The predicted molar refractivity (Wildman–Crippen MR) is 70.4 cm³/mol. The Hall–Kier alpha value is -1.51. The maximum atomic E-state index is 10.5. The van der Waals surface area contributed by atoms with Crippen LogP contribution < -0.4 is 4.90 Å². The van der Waals surface area contributed by atoms with Gasteiger partial charge in [0.05, 0.1) is 0 Å². The number of rotatable bonds is 7. The topological polar surface area (TPSA) is 40.5 Å². The first-order valence-electron chi connectivity index (χ1n) is 6.11. The maximum absolute atomic E-state index is 10.5.